The summed E-state index contributed by atoms with van der Waals surface area (Å²) >= 11 is 0. The summed E-state index contributed by atoms with van der Waals surface area (Å²) in [6.07, 6.45) is 1.60. The Hall–Kier alpha value is -3.02. The van der Waals surface area contributed by atoms with Crippen LogP contribution < -0.4 is 19.6 Å². The number of rotatable bonds is 6. The Morgan fingerprint density at radius 2 is 1.92 bits per heavy atom. The van der Waals surface area contributed by atoms with Gasteiger partial charge in [-0.25, -0.2) is 5.43 Å². The first-order valence-corrected chi connectivity index (χ1v) is 8.02. The smallest absolute Gasteiger partial charge is 0.271 e. The van der Waals surface area contributed by atoms with Crippen LogP contribution >= 0.6 is 0 Å². The van der Waals surface area contributed by atoms with Crippen molar-refractivity contribution in [3.63, 3.8) is 0 Å². The molecule has 130 valence electrons. The van der Waals surface area contributed by atoms with E-state index in [2.05, 4.69) is 10.5 Å². The number of nitrogens with one attached hydrogen (secondary N) is 1. The Bertz CT molecular complexity index is 785. The third kappa shape index (κ3) is 4.29. The van der Waals surface area contributed by atoms with E-state index < -0.39 is 0 Å². The van der Waals surface area contributed by atoms with Crippen molar-refractivity contribution in [2.24, 2.45) is 5.10 Å². The fourth-order valence-electron chi connectivity index (χ4n) is 2.42. The average molecular weight is 340 g/mol. The molecule has 6 heteroatoms. The van der Waals surface area contributed by atoms with E-state index in [1.54, 1.807) is 25.3 Å². The SMILES string of the molecule is COc1ccc(CC/C(C)=N\NC(=O)c2ccc3c(c2)OCO3)cc1. The van der Waals surface area contributed by atoms with E-state index in [0.717, 1.165) is 24.3 Å². The van der Waals surface area contributed by atoms with Crippen molar-refractivity contribution in [1.29, 1.82) is 0 Å². The summed E-state index contributed by atoms with van der Waals surface area (Å²) in [5.74, 6) is 1.79. The number of carbonyl (C=O) groups excluding carboxylic acids is 1. The number of benzene rings is 2. The van der Waals surface area contributed by atoms with Gasteiger partial charge in [0.05, 0.1) is 7.11 Å². The lowest BCUT2D eigenvalue weighted by molar-refractivity contribution is 0.0954. The predicted octanol–water partition coefficient (Wildman–Crippen LogP) is 3.16. The topological polar surface area (TPSA) is 69.2 Å². The second-order valence-corrected chi connectivity index (χ2v) is 5.70. The fraction of sp³-hybridized carbons (Fsp3) is 0.263. The predicted molar refractivity (Wildman–Crippen MR) is 94.5 cm³/mol. The van der Waals surface area contributed by atoms with Gasteiger partial charge < -0.3 is 14.2 Å². The molecule has 1 amide bonds. The normalized spacial score (nSPS) is 12.8. The monoisotopic (exact) mass is 340 g/mol. The number of amides is 1. The van der Waals surface area contributed by atoms with E-state index in [1.165, 1.54) is 5.56 Å². The molecular weight excluding hydrogens is 320 g/mol. The lowest BCUT2D eigenvalue weighted by Crippen LogP contribution is -2.19. The number of nitrogens with zero attached hydrogens (tertiary/aromatic N) is 1. The third-order valence-electron chi connectivity index (χ3n) is 3.92. The lowest BCUT2D eigenvalue weighted by Gasteiger charge is -2.05. The number of ether oxygens (including phenoxy) is 3. The first-order chi connectivity index (χ1) is 12.2. The highest BCUT2D eigenvalue weighted by Crippen LogP contribution is 2.32. The molecule has 0 aromatic heterocycles. The van der Waals surface area contributed by atoms with Crippen molar-refractivity contribution >= 4 is 11.6 Å². The molecule has 1 heterocycles. The molecule has 0 spiro atoms. The number of fused-ring (bicyclic) bond motifs is 1. The summed E-state index contributed by atoms with van der Waals surface area (Å²) in [6.45, 7) is 2.08. The van der Waals surface area contributed by atoms with E-state index in [-0.39, 0.29) is 12.7 Å². The van der Waals surface area contributed by atoms with Crippen molar-refractivity contribution in [1.82, 2.24) is 5.43 Å². The van der Waals surface area contributed by atoms with Crippen molar-refractivity contribution in [3.8, 4) is 17.2 Å². The van der Waals surface area contributed by atoms with Crippen molar-refractivity contribution in [3.05, 3.63) is 53.6 Å². The largest absolute Gasteiger partial charge is 0.497 e. The molecule has 3 rings (SSSR count). The Labute approximate surface area is 146 Å². The molecule has 2 aromatic carbocycles. The molecule has 0 radical (unpaired) electrons. The van der Waals surface area contributed by atoms with Crippen LogP contribution in [-0.4, -0.2) is 25.5 Å². The first-order valence-electron chi connectivity index (χ1n) is 8.02. The van der Waals surface area contributed by atoms with Gasteiger partial charge in [-0.3, -0.25) is 4.79 Å². The third-order valence-corrected chi connectivity index (χ3v) is 3.92. The van der Waals surface area contributed by atoms with Gasteiger partial charge in [0.2, 0.25) is 6.79 Å². The van der Waals surface area contributed by atoms with Crippen molar-refractivity contribution < 1.29 is 19.0 Å². The molecule has 0 bridgehead atoms. The molecule has 0 aliphatic carbocycles. The van der Waals surface area contributed by atoms with Crippen LogP contribution in [-0.2, 0) is 6.42 Å². The van der Waals surface area contributed by atoms with Crippen LogP contribution in [0.4, 0.5) is 0 Å². The van der Waals surface area contributed by atoms with Crippen molar-refractivity contribution in [2.75, 3.05) is 13.9 Å². The van der Waals surface area contributed by atoms with Gasteiger partial charge in [0.25, 0.3) is 5.91 Å². The molecule has 1 aliphatic heterocycles. The number of methoxy groups -OCH3 is 1. The second-order valence-electron chi connectivity index (χ2n) is 5.70. The summed E-state index contributed by atoms with van der Waals surface area (Å²) in [5.41, 5.74) is 5.10. The zero-order valence-electron chi connectivity index (χ0n) is 14.2. The maximum Gasteiger partial charge on any atom is 0.271 e. The van der Waals surface area contributed by atoms with Crippen LogP contribution in [0.1, 0.15) is 29.3 Å². The van der Waals surface area contributed by atoms with Gasteiger partial charge in [-0.05, 0) is 55.7 Å². The molecule has 0 atom stereocenters. The number of hydrazone groups is 1. The van der Waals surface area contributed by atoms with Gasteiger partial charge in [-0.1, -0.05) is 12.1 Å². The van der Waals surface area contributed by atoms with Crippen LogP contribution in [0.25, 0.3) is 0 Å². The summed E-state index contributed by atoms with van der Waals surface area (Å²) < 4.78 is 15.6. The highest BCUT2D eigenvalue weighted by atomic mass is 16.7. The van der Waals surface area contributed by atoms with E-state index in [1.807, 2.05) is 31.2 Å². The number of carbonyl (C=O) groups is 1. The lowest BCUT2D eigenvalue weighted by atomic mass is 10.1. The van der Waals surface area contributed by atoms with E-state index in [4.69, 9.17) is 14.2 Å². The minimum absolute atomic E-state index is 0.184. The van der Waals surface area contributed by atoms with Gasteiger partial charge in [0, 0.05) is 11.3 Å². The molecule has 0 fully saturated rings. The van der Waals surface area contributed by atoms with Gasteiger partial charge in [0.15, 0.2) is 11.5 Å². The maximum atomic E-state index is 12.2. The Morgan fingerprint density at radius 3 is 2.68 bits per heavy atom. The van der Waals surface area contributed by atoms with Gasteiger partial charge in [-0.15, -0.1) is 0 Å². The van der Waals surface area contributed by atoms with Crippen LogP contribution in [0.5, 0.6) is 17.2 Å². The number of aryl methyl sites for hydroxylation is 1. The number of hydrogen-bond donors (Lipinski definition) is 1. The summed E-state index contributed by atoms with van der Waals surface area (Å²) in [7, 11) is 1.65. The van der Waals surface area contributed by atoms with E-state index in [9.17, 15) is 4.79 Å². The van der Waals surface area contributed by atoms with Gasteiger partial charge in [-0.2, -0.15) is 5.10 Å². The fourth-order valence-corrected chi connectivity index (χ4v) is 2.42. The average Bonchev–Trinajstić information content (AvgIpc) is 3.12. The van der Waals surface area contributed by atoms with E-state index in [0.29, 0.717) is 17.1 Å². The summed E-state index contributed by atoms with van der Waals surface area (Å²) in [4.78, 5) is 12.2. The zero-order valence-corrected chi connectivity index (χ0v) is 14.2. The standard InChI is InChI=1S/C19H20N2O4/c1-13(3-4-14-5-8-16(23-2)9-6-14)20-21-19(22)15-7-10-17-18(11-15)25-12-24-17/h5-11H,3-4,12H2,1-2H3,(H,21,22)/b20-13-. The zero-order chi connectivity index (χ0) is 17.6. The molecule has 2 aromatic rings. The molecular formula is C19H20N2O4. The highest BCUT2D eigenvalue weighted by Gasteiger charge is 2.15. The van der Waals surface area contributed by atoms with Crippen LogP contribution in [0.15, 0.2) is 47.6 Å². The molecule has 25 heavy (non-hydrogen) atoms. The molecule has 0 saturated heterocycles. The van der Waals surface area contributed by atoms with Crippen LogP contribution in [0.2, 0.25) is 0 Å². The first kappa shape index (κ1) is 16.8. The molecule has 1 N–H and O–H groups in total. The second kappa shape index (κ2) is 7.70. The maximum absolute atomic E-state index is 12.2. The minimum Gasteiger partial charge on any atom is -0.497 e. The van der Waals surface area contributed by atoms with E-state index >= 15 is 0 Å². The quantitative estimate of drug-likeness (QED) is 0.648. The Balaban J connectivity index is 1.52. The highest BCUT2D eigenvalue weighted by molar-refractivity contribution is 5.95. The summed E-state index contributed by atoms with van der Waals surface area (Å²) in [6, 6.07) is 13.0. The Morgan fingerprint density at radius 1 is 1.16 bits per heavy atom. The summed E-state index contributed by atoms with van der Waals surface area (Å²) in [5, 5.41) is 4.16. The van der Waals surface area contributed by atoms with Gasteiger partial charge in [0.1, 0.15) is 5.75 Å². The van der Waals surface area contributed by atoms with Crippen molar-refractivity contribution in [2.45, 2.75) is 19.8 Å². The molecule has 0 unspecified atom stereocenters. The number of hydrogen-bond acceptors (Lipinski definition) is 5. The molecule has 6 nitrogen and oxygen atoms in total. The minimum atomic E-state index is -0.276. The Kier molecular flexibility index (Phi) is 5.18. The van der Waals surface area contributed by atoms with Crippen LogP contribution in [0, 0.1) is 0 Å². The van der Waals surface area contributed by atoms with Gasteiger partial charge >= 0.3 is 0 Å². The molecule has 1 aliphatic rings. The van der Waals surface area contributed by atoms with Crippen LogP contribution in [0.3, 0.4) is 0 Å². The molecule has 0 saturated carbocycles.